The van der Waals surface area contributed by atoms with Crippen LogP contribution in [0.25, 0.3) is 0 Å². The summed E-state index contributed by atoms with van der Waals surface area (Å²) >= 11 is 0. The third-order valence-electron chi connectivity index (χ3n) is 6.23. The molecule has 1 N–H and O–H groups in total. The number of benzene rings is 3. The van der Waals surface area contributed by atoms with Gasteiger partial charge < -0.3 is 9.84 Å². The molecule has 1 aliphatic rings. The monoisotopic (exact) mass is 401 g/mol. The van der Waals surface area contributed by atoms with E-state index < -0.39 is 5.60 Å². The third-order valence-corrected chi connectivity index (χ3v) is 6.23. The molecule has 1 saturated heterocycles. The highest BCUT2D eigenvalue weighted by atomic mass is 16.5. The van der Waals surface area contributed by atoms with Gasteiger partial charge in [-0.2, -0.15) is 0 Å². The second-order valence-corrected chi connectivity index (χ2v) is 8.40. The van der Waals surface area contributed by atoms with Crippen molar-refractivity contribution >= 4 is 0 Å². The van der Waals surface area contributed by atoms with Crippen LogP contribution in [0, 0.1) is 0 Å². The van der Waals surface area contributed by atoms with Gasteiger partial charge in [-0.1, -0.05) is 72.8 Å². The molecule has 156 valence electrons. The molecule has 1 fully saturated rings. The van der Waals surface area contributed by atoms with E-state index in [0.29, 0.717) is 12.8 Å². The highest BCUT2D eigenvalue weighted by Gasteiger charge is 2.42. The number of likely N-dealkylation sites (tertiary alicyclic amines) is 1. The molecule has 0 aliphatic carbocycles. The number of ether oxygens (including phenoxy) is 1. The lowest BCUT2D eigenvalue weighted by Crippen LogP contribution is -2.52. The summed E-state index contributed by atoms with van der Waals surface area (Å²) in [6.07, 6.45) is 3.46. The van der Waals surface area contributed by atoms with Crippen LogP contribution in [-0.2, 0) is 19.4 Å². The van der Waals surface area contributed by atoms with Crippen LogP contribution in [0.4, 0.5) is 0 Å². The molecule has 0 radical (unpaired) electrons. The van der Waals surface area contributed by atoms with Crippen LogP contribution in [0.3, 0.4) is 0 Å². The van der Waals surface area contributed by atoms with Crippen LogP contribution in [0.1, 0.15) is 29.5 Å². The van der Waals surface area contributed by atoms with Gasteiger partial charge in [0.25, 0.3) is 0 Å². The molecule has 1 unspecified atom stereocenters. The number of nitrogens with zero attached hydrogens (tertiary/aromatic N) is 1. The molecule has 0 spiro atoms. The van der Waals surface area contributed by atoms with Crippen LogP contribution in [0.15, 0.2) is 84.9 Å². The van der Waals surface area contributed by atoms with E-state index in [1.807, 2.05) is 24.3 Å². The van der Waals surface area contributed by atoms with Gasteiger partial charge in [-0.25, -0.2) is 0 Å². The third kappa shape index (κ3) is 4.92. The lowest BCUT2D eigenvalue weighted by atomic mass is 9.80. The van der Waals surface area contributed by atoms with Gasteiger partial charge in [0.2, 0.25) is 0 Å². The van der Waals surface area contributed by atoms with E-state index in [9.17, 15) is 5.11 Å². The fourth-order valence-electron chi connectivity index (χ4n) is 4.79. The van der Waals surface area contributed by atoms with Gasteiger partial charge in [0, 0.05) is 25.4 Å². The Morgan fingerprint density at radius 2 is 1.40 bits per heavy atom. The van der Waals surface area contributed by atoms with Crippen molar-refractivity contribution in [1.82, 2.24) is 4.90 Å². The van der Waals surface area contributed by atoms with Gasteiger partial charge in [-0.05, 0) is 48.2 Å². The first kappa shape index (κ1) is 20.6. The first-order valence-electron chi connectivity index (χ1n) is 10.8. The molecule has 3 nitrogen and oxygen atoms in total. The number of hydrogen-bond acceptors (Lipinski definition) is 3. The Hall–Kier alpha value is -2.62. The molecule has 0 bridgehead atoms. The van der Waals surface area contributed by atoms with Crippen LogP contribution < -0.4 is 4.74 Å². The van der Waals surface area contributed by atoms with Gasteiger partial charge in [0.05, 0.1) is 12.7 Å². The topological polar surface area (TPSA) is 32.7 Å². The molecule has 0 saturated carbocycles. The maximum absolute atomic E-state index is 12.1. The highest BCUT2D eigenvalue weighted by molar-refractivity contribution is 5.28. The van der Waals surface area contributed by atoms with E-state index in [0.717, 1.165) is 31.7 Å². The van der Waals surface area contributed by atoms with Crippen molar-refractivity contribution in [1.29, 1.82) is 0 Å². The minimum atomic E-state index is -0.814. The quantitative estimate of drug-likeness (QED) is 0.584. The summed E-state index contributed by atoms with van der Waals surface area (Å²) in [5, 5.41) is 12.1. The van der Waals surface area contributed by atoms with Crippen LogP contribution in [-0.4, -0.2) is 35.3 Å². The average Bonchev–Trinajstić information content (AvgIpc) is 3.25. The molecule has 0 amide bonds. The minimum absolute atomic E-state index is 0.125. The Labute approximate surface area is 179 Å². The van der Waals surface area contributed by atoms with Gasteiger partial charge in [0.15, 0.2) is 0 Å². The molecule has 3 aromatic carbocycles. The van der Waals surface area contributed by atoms with E-state index in [1.54, 1.807) is 7.11 Å². The fourth-order valence-corrected chi connectivity index (χ4v) is 4.79. The summed E-state index contributed by atoms with van der Waals surface area (Å²) in [6, 6.07) is 29.2. The highest BCUT2D eigenvalue weighted by Crippen LogP contribution is 2.34. The molecule has 1 atom stereocenters. The van der Waals surface area contributed by atoms with Crippen molar-refractivity contribution in [3.63, 3.8) is 0 Å². The van der Waals surface area contributed by atoms with Gasteiger partial charge in [-0.3, -0.25) is 4.90 Å². The zero-order valence-corrected chi connectivity index (χ0v) is 17.7. The fraction of sp³-hybridized carbons (Fsp3) is 0.333. The number of methoxy groups -OCH3 is 1. The summed E-state index contributed by atoms with van der Waals surface area (Å²) < 4.78 is 5.29. The second-order valence-electron chi connectivity index (χ2n) is 8.40. The molecule has 4 rings (SSSR count). The molecule has 3 aromatic rings. The van der Waals surface area contributed by atoms with Crippen LogP contribution in [0.5, 0.6) is 5.75 Å². The normalized spacial score (nSPS) is 17.2. The summed E-state index contributed by atoms with van der Waals surface area (Å²) in [5.41, 5.74) is 2.81. The second kappa shape index (κ2) is 9.46. The lowest BCUT2D eigenvalue weighted by Gasteiger charge is -2.40. The van der Waals surface area contributed by atoms with Gasteiger partial charge in [0.1, 0.15) is 5.75 Å². The lowest BCUT2D eigenvalue weighted by molar-refractivity contribution is -0.0354. The predicted molar refractivity (Wildman–Crippen MR) is 122 cm³/mol. The Morgan fingerprint density at radius 1 is 0.833 bits per heavy atom. The van der Waals surface area contributed by atoms with Crippen molar-refractivity contribution in [3.8, 4) is 5.75 Å². The van der Waals surface area contributed by atoms with E-state index >= 15 is 0 Å². The van der Waals surface area contributed by atoms with Crippen LogP contribution >= 0.6 is 0 Å². The molecule has 0 aromatic heterocycles. The minimum Gasteiger partial charge on any atom is -0.497 e. The Bertz CT molecular complexity index is 867. The average molecular weight is 402 g/mol. The molecule has 30 heavy (non-hydrogen) atoms. The van der Waals surface area contributed by atoms with Crippen molar-refractivity contribution in [3.05, 3.63) is 102 Å². The van der Waals surface area contributed by atoms with Crippen molar-refractivity contribution in [2.45, 2.75) is 43.9 Å². The maximum atomic E-state index is 12.1. The Balaban J connectivity index is 1.58. The first-order valence-corrected chi connectivity index (χ1v) is 10.8. The number of rotatable bonds is 8. The molecular formula is C27H31NO2. The van der Waals surface area contributed by atoms with E-state index in [-0.39, 0.29) is 6.04 Å². The molecular weight excluding hydrogens is 370 g/mol. The standard InChI is InChI=1S/C27H31NO2/c1-30-25-16-14-24(15-17-25)21-28-18-8-13-26(28)27(29,19-22-9-4-2-5-10-22)20-23-11-6-3-7-12-23/h2-7,9-12,14-17,26,29H,8,13,18-21H2,1H3. The maximum Gasteiger partial charge on any atom is 0.118 e. The van der Waals surface area contributed by atoms with Crippen molar-refractivity contribution < 1.29 is 9.84 Å². The number of aliphatic hydroxyl groups is 1. The number of hydrogen-bond donors (Lipinski definition) is 1. The van der Waals surface area contributed by atoms with Crippen molar-refractivity contribution in [2.24, 2.45) is 0 Å². The first-order chi connectivity index (χ1) is 14.7. The molecule has 3 heteroatoms. The van der Waals surface area contributed by atoms with Gasteiger partial charge in [-0.15, -0.1) is 0 Å². The van der Waals surface area contributed by atoms with E-state index in [2.05, 4.69) is 65.6 Å². The van der Waals surface area contributed by atoms with Crippen molar-refractivity contribution in [2.75, 3.05) is 13.7 Å². The van der Waals surface area contributed by atoms with E-state index in [4.69, 9.17) is 4.74 Å². The van der Waals surface area contributed by atoms with Crippen LogP contribution in [0.2, 0.25) is 0 Å². The Kier molecular flexibility index (Phi) is 6.51. The molecule has 1 aliphatic heterocycles. The predicted octanol–water partition coefficient (Wildman–Crippen LogP) is 4.88. The largest absolute Gasteiger partial charge is 0.497 e. The summed E-state index contributed by atoms with van der Waals surface area (Å²) in [4.78, 5) is 2.47. The van der Waals surface area contributed by atoms with E-state index in [1.165, 1.54) is 16.7 Å². The molecule has 1 heterocycles. The zero-order chi connectivity index (χ0) is 20.8. The summed E-state index contributed by atoms with van der Waals surface area (Å²) in [6.45, 7) is 1.86. The van der Waals surface area contributed by atoms with Gasteiger partial charge >= 0.3 is 0 Å². The SMILES string of the molecule is COc1ccc(CN2CCCC2C(O)(Cc2ccccc2)Cc2ccccc2)cc1. The zero-order valence-electron chi connectivity index (χ0n) is 17.7. The smallest absolute Gasteiger partial charge is 0.118 e. The summed E-state index contributed by atoms with van der Waals surface area (Å²) in [7, 11) is 1.69. The Morgan fingerprint density at radius 3 is 1.93 bits per heavy atom. The summed E-state index contributed by atoms with van der Waals surface area (Å²) in [5.74, 6) is 0.876.